The second-order valence-corrected chi connectivity index (χ2v) is 5.37. The normalized spacial score (nSPS) is 10.3. The summed E-state index contributed by atoms with van der Waals surface area (Å²) >= 11 is 9.29. The second-order valence-electron chi connectivity index (χ2n) is 4.04. The van der Waals surface area contributed by atoms with Crippen molar-refractivity contribution < 1.29 is 9.53 Å². The van der Waals surface area contributed by atoms with Crippen LogP contribution in [0.1, 0.15) is 12.6 Å². The van der Waals surface area contributed by atoms with Crippen LogP contribution < -0.4 is 10.1 Å². The fourth-order valence-corrected chi connectivity index (χ4v) is 2.25. The summed E-state index contributed by atoms with van der Waals surface area (Å²) < 4.78 is 6.21. The van der Waals surface area contributed by atoms with Gasteiger partial charge in [0.25, 0.3) is 5.91 Å². The number of halogens is 2. The molecule has 1 heterocycles. The number of carbonyl (C=O) groups excluding carboxylic acids is 1. The van der Waals surface area contributed by atoms with E-state index in [0.717, 1.165) is 16.6 Å². The van der Waals surface area contributed by atoms with Crippen molar-refractivity contribution in [2.45, 2.75) is 13.3 Å². The first-order valence-corrected chi connectivity index (χ1v) is 7.17. The van der Waals surface area contributed by atoms with Gasteiger partial charge in [0.05, 0.1) is 5.02 Å². The van der Waals surface area contributed by atoms with E-state index in [4.69, 9.17) is 16.3 Å². The van der Waals surface area contributed by atoms with Gasteiger partial charge < -0.3 is 10.1 Å². The molecular formula is C13H13BrClN3O2. The first-order chi connectivity index (χ1) is 9.58. The Hall–Kier alpha value is -1.53. The summed E-state index contributed by atoms with van der Waals surface area (Å²) in [5.74, 6) is 0.650. The lowest BCUT2D eigenvalue weighted by atomic mass is 10.3. The molecule has 2 N–H and O–H groups in total. The zero-order valence-electron chi connectivity index (χ0n) is 10.7. The van der Waals surface area contributed by atoms with Gasteiger partial charge in [-0.05, 0) is 24.6 Å². The van der Waals surface area contributed by atoms with Crippen molar-refractivity contribution in [3.8, 4) is 5.75 Å². The molecule has 1 amide bonds. The van der Waals surface area contributed by atoms with Gasteiger partial charge in [-0.25, -0.2) is 0 Å². The highest BCUT2D eigenvalue weighted by molar-refractivity contribution is 9.10. The van der Waals surface area contributed by atoms with E-state index in [1.165, 1.54) is 0 Å². The van der Waals surface area contributed by atoms with Gasteiger partial charge in [-0.15, -0.1) is 0 Å². The van der Waals surface area contributed by atoms with E-state index in [-0.39, 0.29) is 12.5 Å². The van der Waals surface area contributed by atoms with Crippen LogP contribution in [0.3, 0.4) is 0 Å². The molecule has 20 heavy (non-hydrogen) atoms. The SMILES string of the molecule is CCc1cc(NC(=O)COc2ccc(Br)cc2Cl)n[nH]1. The minimum absolute atomic E-state index is 0.129. The molecule has 0 atom stereocenters. The number of H-pyrrole nitrogens is 1. The summed E-state index contributed by atoms with van der Waals surface area (Å²) in [6.07, 6.45) is 0.827. The molecule has 7 heteroatoms. The molecule has 0 spiro atoms. The fraction of sp³-hybridized carbons (Fsp3) is 0.231. The van der Waals surface area contributed by atoms with E-state index < -0.39 is 0 Å². The van der Waals surface area contributed by atoms with Gasteiger partial charge in [-0.3, -0.25) is 9.89 Å². The van der Waals surface area contributed by atoms with Crippen molar-refractivity contribution in [2.75, 3.05) is 11.9 Å². The number of aryl methyl sites for hydroxylation is 1. The van der Waals surface area contributed by atoms with Gasteiger partial charge in [0.2, 0.25) is 0 Å². The topological polar surface area (TPSA) is 67.0 Å². The number of nitrogens with one attached hydrogen (secondary N) is 2. The number of carbonyl (C=O) groups is 1. The van der Waals surface area contributed by atoms with Crippen molar-refractivity contribution in [1.29, 1.82) is 0 Å². The highest BCUT2D eigenvalue weighted by Crippen LogP contribution is 2.27. The molecule has 0 unspecified atom stereocenters. The van der Waals surface area contributed by atoms with E-state index >= 15 is 0 Å². The van der Waals surface area contributed by atoms with Crippen LogP contribution in [0.15, 0.2) is 28.7 Å². The minimum Gasteiger partial charge on any atom is -0.482 e. The average molecular weight is 359 g/mol. The second kappa shape index (κ2) is 6.76. The van der Waals surface area contributed by atoms with E-state index in [1.54, 1.807) is 24.3 Å². The van der Waals surface area contributed by atoms with Crippen LogP contribution in [0.2, 0.25) is 5.02 Å². The Morgan fingerprint density at radius 2 is 2.30 bits per heavy atom. The van der Waals surface area contributed by atoms with E-state index in [0.29, 0.717) is 16.6 Å². The number of hydrogen-bond acceptors (Lipinski definition) is 3. The fourth-order valence-electron chi connectivity index (χ4n) is 1.52. The maximum absolute atomic E-state index is 11.7. The number of nitrogens with zero attached hydrogens (tertiary/aromatic N) is 1. The van der Waals surface area contributed by atoms with Crippen LogP contribution in [-0.4, -0.2) is 22.7 Å². The molecule has 0 fully saturated rings. The zero-order valence-corrected chi connectivity index (χ0v) is 13.1. The Kier molecular flexibility index (Phi) is 5.03. The smallest absolute Gasteiger partial charge is 0.263 e. The quantitative estimate of drug-likeness (QED) is 0.861. The van der Waals surface area contributed by atoms with Crippen molar-refractivity contribution in [1.82, 2.24) is 10.2 Å². The summed E-state index contributed by atoms with van der Waals surface area (Å²) in [5, 5.41) is 9.87. The van der Waals surface area contributed by atoms with Gasteiger partial charge in [0.15, 0.2) is 12.4 Å². The molecule has 0 aliphatic heterocycles. The van der Waals surface area contributed by atoms with Crippen LogP contribution >= 0.6 is 27.5 Å². The lowest BCUT2D eigenvalue weighted by Crippen LogP contribution is -2.20. The molecule has 1 aromatic carbocycles. The van der Waals surface area contributed by atoms with Crippen molar-refractivity contribution >= 4 is 39.3 Å². The number of rotatable bonds is 5. The molecule has 0 bridgehead atoms. The van der Waals surface area contributed by atoms with Gasteiger partial charge in [0.1, 0.15) is 5.75 Å². The van der Waals surface area contributed by atoms with Gasteiger partial charge in [-0.1, -0.05) is 34.5 Å². The zero-order chi connectivity index (χ0) is 14.5. The number of aromatic nitrogens is 2. The third-order valence-electron chi connectivity index (χ3n) is 2.53. The van der Waals surface area contributed by atoms with E-state index in [1.807, 2.05) is 6.92 Å². The summed E-state index contributed by atoms with van der Waals surface area (Å²) in [6, 6.07) is 6.98. The van der Waals surface area contributed by atoms with Crippen LogP contribution in [-0.2, 0) is 11.2 Å². The summed E-state index contributed by atoms with van der Waals surface area (Å²) in [4.78, 5) is 11.7. The number of ether oxygens (including phenoxy) is 1. The Morgan fingerprint density at radius 3 is 2.95 bits per heavy atom. The number of aromatic amines is 1. The summed E-state index contributed by atoms with van der Waals surface area (Å²) in [7, 11) is 0. The van der Waals surface area contributed by atoms with Crippen LogP contribution in [0, 0.1) is 0 Å². The predicted molar refractivity (Wildman–Crippen MR) is 81.2 cm³/mol. The Balaban J connectivity index is 1.88. The lowest BCUT2D eigenvalue weighted by Gasteiger charge is -2.07. The molecule has 0 radical (unpaired) electrons. The number of benzene rings is 1. The predicted octanol–water partition coefficient (Wildman–Crippen LogP) is 3.41. The molecule has 0 saturated heterocycles. The molecule has 2 rings (SSSR count). The maximum Gasteiger partial charge on any atom is 0.263 e. The Morgan fingerprint density at radius 1 is 1.50 bits per heavy atom. The van der Waals surface area contributed by atoms with Gasteiger partial charge in [0, 0.05) is 16.2 Å². The van der Waals surface area contributed by atoms with Crippen LogP contribution in [0.25, 0.3) is 0 Å². The maximum atomic E-state index is 11.7. The van der Waals surface area contributed by atoms with Crippen molar-refractivity contribution in [3.05, 3.63) is 39.5 Å². The minimum atomic E-state index is -0.293. The highest BCUT2D eigenvalue weighted by Gasteiger charge is 2.08. The third-order valence-corrected chi connectivity index (χ3v) is 3.32. The lowest BCUT2D eigenvalue weighted by molar-refractivity contribution is -0.118. The molecule has 106 valence electrons. The molecule has 1 aromatic heterocycles. The Labute approximate surface area is 129 Å². The Bertz CT molecular complexity index is 615. The molecule has 5 nitrogen and oxygen atoms in total. The van der Waals surface area contributed by atoms with Gasteiger partial charge >= 0.3 is 0 Å². The summed E-state index contributed by atoms with van der Waals surface area (Å²) in [6.45, 7) is 1.87. The van der Waals surface area contributed by atoms with Crippen LogP contribution in [0.4, 0.5) is 5.82 Å². The molecular weight excluding hydrogens is 346 g/mol. The largest absolute Gasteiger partial charge is 0.482 e. The van der Waals surface area contributed by atoms with Crippen molar-refractivity contribution in [3.63, 3.8) is 0 Å². The van der Waals surface area contributed by atoms with Crippen LogP contribution in [0.5, 0.6) is 5.75 Å². The number of amides is 1. The first kappa shape index (κ1) is 14.9. The van der Waals surface area contributed by atoms with Crippen molar-refractivity contribution in [2.24, 2.45) is 0 Å². The van der Waals surface area contributed by atoms with Gasteiger partial charge in [-0.2, -0.15) is 5.10 Å². The molecule has 0 saturated carbocycles. The molecule has 2 aromatic rings. The standard InChI is InChI=1S/C13H13BrClN3O2/c1-2-9-6-12(18-17-9)16-13(19)7-20-11-4-3-8(14)5-10(11)15/h3-6H,2,7H2,1H3,(H2,16,17,18,19). The van der Waals surface area contributed by atoms with E-state index in [2.05, 4.69) is 31.4 Å². The summed E-state index contributed by atoms with van der Waals surface area (Å²) in [5.41, 5.74) is 0.956. The monoisotopic (exact) mass is 357 g/mol. The molecule has 0 aliphatic carbocycles. The number of hydrogen-bond donors (Lipinski definition) is 2. The third kappa shape index (κ3) is 3.98. The first-order valence-electron chi connectivity index (χ1n) is 6.00. The van der Waals surface area contributed by atoms with E-state index in [9.17, 15) is 4.79 Å². The average Bonchev–Trinajstić information content (AvgIpc) is 2.85. The number of anilines is 1. The molecule has 0 aliphatic rings. The highest BCUT2D eigenvalue weighted by atomic mass is 79.9.